The Kier molecular flexibility index (Phi) is 6.55. The van der Waals surface area contributed by atoms with Gasteiger partial charge in [0.15, 0.2) is 11.1 Å². The summed E-state index contributed by atoms with van der Waals surface area (Å²) < 4.78 is 4.85. The maximum Gasteiger partial charge on any atom is 0.274 e. The molecule has 152 valence electrons. The number of benzene rings is 1. The average Bonchev–Trinajstić information content (AvgIpc) is 3.37. The standard InChI is InChI=1S/C19H21N5O4S/c1-11-8-15(24-28-11)17(26)23-19(29-2)18(27)22-10-16(25)21-9-12-4-3-5-14-13(12)6-7-20-14/h3-8,19-20H,9-10H2,1-2H3,(H,21,25)(H,22,27)(H,23,26). The summed E-state index contributed by atoms with van der Waals surface area (Å²) in [5.41, 5.74) is 2.05. The van der Waals surface area contributed by atoms with Crippen LogP contribution in [-0.4, -0.2) is 46.0 Å². The topological polar surface area (TPSA) is 129 Å². The fraction of sp³-hybridized carbons (Fsp3) is 0.263. The first kappa shape index (κ1) is 20.5. The lowest BCUT2D eigenvalue weighted by atomic mass is 10.1. The highest BCUT2D eigenvalue weighted by atomic mass is 32.2. The van der Waals surface area contributed by atoms with Crippen LogP contribution in [0.2, 0.25) is 0 Å². The Balaban J connectivity index is 1.47. The molecule has 3 aromatic rings. The van der Waals surface area contributed by atoms with E-state index in [0.717, 1.165) is 28.2 Å². The summed E-state index contributed by atoms with van der Waals surface area (Å²) in [7, 11) is 0. The van der Waals surface area contributed by atoms with Gasteiger partial charge in [0.25, 0.3) is 11.8 Å². The summed E-state index contributed by atoms with van der Waals surface area (Å²) in [6.45, 7) is 1.81. The highest BCUT2D eigenvalue weighted by Crippen LogP contribution is 2.16. The summed E-state index contributed by atoms with van der Waals surface area (Å²) in [5, 5.41) is 11.6. The van der Waals surface area contributed by atoms with Gasteiger partial charge in [0.2, 0.25) is 5.91 Å². The molecule has 3 amide bonds. The molecule has 0 bridgehead atoms. The molecule has 0 saturated heterocycles. The molecular weight excluding hydrogens is 394 g/mol. The zero-order chi connectivity index (χ0) is 20.8. The molecule has 29 heavy (non-hydrogen) atoms. The van der Waals surface area contributed by atoms with E-state index in [0.29, 0.717) is 12.3 Å². The van der Waals surface area contributed by atoms with E-state index in [4.69, 9.17) is 4.52 Å². The van der Waals surface area contributed by atoms with Crippen molar-refractivity contribution in [3.63, 3.8) is 0 Å². The number of amides is 3. The van der Waals surface area contributed by atoms with E-state index in [1.165, 1.54) is 6.07 Å². The number of rotatable bonds is 8. The monoisotopic (exact) mass is 415 g/mol. The predicted octanol–water partition coefficient (Wildman–Crippen LogP) is 1.32. The van der Waals surface area contributed by atoms with Gasteiger partial charge >= 0.3 is 0 Å². The van der Waals surface area contributed by atoms with Crippen molar-refractivity contribution in [3.8, 4) is 0 Å². The Morgan fingerprint density at radius 1 is 1.24 bits per heavy atom. The predicted molar refractivity (Wildman–Crippen MR) is 109 cm³/mol. The number of aromatic nitrogens is 2. The first-order valence-corrected chi connectivity index (χ1v) is 10.1. The smallest absolute Gasteiger partial charge is 0.274 e. The Labute approximate surface area is 171 Å². The van der Waals surface area contributed by atoms with Crippen molar-refractivity contribution in [1.82, 2.24) is 26.1 Å². The maximum atomic E-state index is 12.3. The van der Waals surface area contributed by atoms with Gasteiger partial charge < -0.3 is 25.5 Å². The van der Waals surface area contributed by atoms with E-state index in [9.17, 15) is 14.4 Å². The second-order valence-corrected chi connectivity index (χ2v) is 7.21. The highest BCUT2D eigenvalue weighted by Gasteiger charge is 2.22. The second-order valence-electron chi connectivity index (χ2n) is 6.26. The third-order valence-electron chi connectivity index (χ3n) is 4.18. The highest BCUT2D eigenvalue weighted by molar-refractivity contribution is 7.99. The molecular formula is C19H21N5O4S. The number of nitrogens with one attached hydrogen (secondary N) is 4. The van der Waals surface area contributed by atoms with Crippen molar-refractivity contribution in [3.05, 3.63) is 53.5 Å². The summed E-state index contributed by atoms with van der Waals surface area (Å²) in [6.07, 6.45) is 3.52. The normalized spacial score (nSPS) is 11.8. The fourth-order valence-electron chi connectivity index (χ4n) is 2.72. The second kappa shape index (κ2) is 9.28. The molecule has 0 saturated carbocycles. The molecule has 2 heterocycles. The molecule has 0 aliphatic carbocycles. The van der Waals surface area contributed by atoms with Crippen molar-refractivity contribution < 1.29 is 18.9 Å². The number of hydrogen-bond donors (Lipinski definition) is 4. The minimum absolute atomic E-state index is 0.0889. The lowest BCUT2D eigenvalue weighted by molar-refractivity contribution is -0.126. The van der Waals surface area contributed by atoms with Crippen LogP contribution in [0.4, 0.5) is 0 Å². The van der Waals surface area contributed by atoms with Gasteiger partial charge in [-0.1, -0.05) is 17.3 Å². The zero-order valence-corrected chi connectivity index (χ0v) is 16.8. The van der Waals surface area contributed by atoms with Crippen LogP contribution in [0.15, 0.2) is 41.1 Å². The quantitative estimate of drug-likeness (QED) is 0.411. The van der Waals surface area contributed by atoms with Crippen LogP contribution in [0.1, 0.15) is 21.8 Å². The van der Waals surface area contributed by atoms with E-state index in [-0.39, 0.29) is 18.1 Å². The van der Waals surface area contributed by atoms with Crippen LogP contribution in [0.25, 0.3) is 10.9 Å². The number of nitrogens with zero attached hydrogens (tertiary/aromatic N) is 1. The number of carbonyl (C=O) groups is 3. The Hall–Kier alpha value is -3.27. The summed E-state index contributed by atoms with van der Waals surface area (Å²) in [5.74, 6) is -0.842. The van der Waals surface area contributed by atoms with Crippen LogP contribution in [0, 0.1) is 6.92 Å². The molecule has 0 fully saturated rings. The summed E-state index contributed by atoms with van der Waals surface area (Å²) >= 11 is 1.13. The molecule has 9 nitrogen and oxygen atoms in total. The molecule has 1 aromatic carbocycles. The van der Waals surface area contributed by atoms with Gasteiger partial charge in [0.1, 0.15) is 5.76 Å². The number of aryl methyl sites for hydroxylation is 1. The van der Waals surface area contributed by atoms with Crippen LogP contribution >= 0.6 is 11.8 Å². The van der Waals surface area contributed by atoms with Crippen LogP contribution < -0.4 is 16.0 Å². The minimum atomic E-state index is -0.860. The molecule has 0 aliphatic rings. The van der Waals surface area contributed by atoms with Gasteiger partial charge in [-0.2, -0.15) is 0 Å². The first-order valence-electron chi connectivity index (χ1n) is 8.84. The lowest BCUT2D eigenvalue weighted by Gasteiger charge is -2.15. The van der Waals surface area contributed by atoms with E-state index in [2.05, 4.69) is 26.1 Å². The van der Waals surface area contributed by atoms with Gasteiger partial charge in [-0.15, -0.1) is 11.8 Å². The summed E-state index contributed by atoms with van der Waals surface area (Å²) in [6, 6.07) is 9.21. The largest absolute Gasteiger partial charge is 0.361 e. The van der Waals surface area contributed by atoms with Gasteiger partial charge in [0.05, 0.1) is 6.54 Å². The van der Waals surface area contributed by atoms with Crippen molar-refractivity contribution in [1.29, 1.82) is 0 Å². The van der Waals surface area contributed by atoms with Crippen molar-refractivity contribution in [2.75, 3.05) is 12.8 Å². The van der Waals surface area contributed by atoms with E-state index >= 15 is 0 Å². The third-order valence-corrected chi connectivity index (χ3v) is 4.98. The number of aromatic amines is 1. The van der Waals surface area contributed by atoms with E-state index in [1.54, 1.807) is 13.2 Å². The van der Waals surface area contributed by atoms with Crippen LogP contribution in [0.5, 0.6) is 0 Å². The fourth-order valence-corrected chi connectivity index (χ4v) is 3.24. The molecule has 0 spiro atoms. The zero-order valence-electron chi connectivity index (χ0n) is 15.9. The molecule has 2 aromatic heterocycles. The molecule has 3 rings (SSSR count). The van der Waals surface area contributed by atoms with Crippen LogP contribution in [0.3, 0.4) is 0 Å². The number of hydrogen-bond acceptors (Lipinski definition) is 6. The molecule has 0 radical (unpaired) electrons. The lowest BCUT2D eigenvalue weighted by Crippen LogP contribution is -2.47. The number of fused-ring (bicyclic) bond motifs is 1. The average molecular weight is 415 g/mol. The Morgan fingerprint density at radius 2 is 2.07 bits per heavy atom. The van der Waals surface area contributed by atoms with E-state index < -0.39 is 17.2 Å². The van der Waals surface area contributed by atoms with E-state index in [1.807, 2.05) is 30.5 Å². The number of carbonyl (C=O) groups excluding carboxylic acids is 3. The SMILES string of the molecule is CSC(NC(=O)c1cc(C)on1)C(=O)NCC(=O)NCc1cccc2[nH]ccc12. The molecule has 10 heteroatoms. The number of H-pyrrole nitrogens is 1. The van der Waals surface area contributed by atoms with Crippen LogP contribution in [-0.2, 0) is 16.1 Å². The van der Waals surface area contributed by atoms with Crippen molar-refractivity contribution in [2.45, 2.75) is 18.8 Å². The maximum absolute atomic E-state index is 12.3. The van der Waals surface area contributed by atoms with Crippen molar-refractivity contribution >= 4 is 40.4 Å². The van der Waals surface area contributed by atoms with Gasteiger partial charge in [-0.25, -0.2) is 0 Å². The molecule has 1 atom stereocenters. The number of thioether (sulfide) groups is 1. The third kappa shape index (κ3) is 5.17. The summed E-state index contributed by atoms with van der Waals surface area (Å²) in [4.78, 5) is 39.6. The van der Waals surface area contributed by atoms with Gasteiger partial charge in [-0.3, -0.25) is 14.4 Å². The Bertz CT molecular complexity index is 1030. The Morgan fingerprint density at radius 3 is 2.79 bits per heavy atom. The van der Waals surface area contributed by atoms with Gasteiger partial charge in [0, 0.05) is 29.7 Å². The molecule has 1 unspecified atom stereocenters. The van der Waals surface area contributed by atoms with Crippen molar-refractivity contribution in [2.24, 2.45) is 0 Å². The minimum Gasteiger partial charge on any atom is -0.361 e. The molecule has 0 aliphatic heterocycles. The molecule has 4 N–H and O–H groups in total. The first-order chi connectivity index (χ1) is 14.0. The van der Waals surface area contributed by atoms with Gasteiger partial charge in [-0.05, 0) is 30.9 Å².